The fourth-order valence-electron chi connectivity index (χ4n) is 2.49. The lowest BCUT2D eigenvalue weighted by Gasteiger charge is -2.09. The average molecular weight is 397 g/mol. The van der Waals surface area contributed by atoms with Gasteiger partial charge < -0.3 is 14.8 Å². The van der Waals surface area contributed by atoms with Crippen molar-refractivity contribution in [1.29, 1.82) is 0 Å². The van der Waals surface area contributed by atoms with Crippen LogP contribution in [0, 0.1) is 11.8 Å². The van der Waals surface area contributed by atoms with Gasteiger partial charge in [0.2, 0.25) is 11.0 Å². The zero-order valence-electron chi connectivity index (χ0n) is 13.6. The molecule has 2 N–H and O–H groups in total. The number of hydrogen-bond donors (Lipinski definition) is 2. The Bertz CT molecular complexity index is 1080. The zero-order valence-corrected chi connectivity index (χ0v) is 14.4. The first-order valence-electron chi connectivity index (χ1n) is 7.59. The monoisotopic (exact) mass is 397 g/mol. The normalized spacial score (nSPS) is 11.5. The van der Waals surface area contributed by atoms with Crippen molar-refractivity contribution in [2.45, 2.75) is 11.5 Å². The second-order valence-electron chi connectivity index (χ2n) is 5.37. The maximum atomic E-state index is 15.0. The minimum absolute atomic E-state index is 0.114. The molecule has 3 aromatic rings. The summed E-state index contributed by atoms with van der Waals surface area (Å²) in [5, 5.41) is 10.2. The second kappa shape index (κ2) is 7.19. The molecule has 142 valence electrons. The number of nitrogens with one attached hydrogen (secondary N) is 1. The van der Waals surface area contributed by atoms with Gasteiger partial charge in [0.15, 0.2) is 5.82 Å². The van der Waals surface area contributed by atoms with Gasteiger partial charge in [0.05, 0.1) is 11.8 Å². The summed E-state index contributed by atoms with van der Waals surface area (Å²) < 4.78 is 60.2. The molecule has 0 atom stereocenters. The van der Waals surface area contributed by atoms with Crippen LogP contribution in [-0.4, -0.2) is 35.1 Å². The Morgan fingerprint density at radius 1 is 1.30 bits per heavy atom. The average Bonchev–Trinajstić information content (AvgIpc) is 3.25. The predicted octanol–water partition coefficient (Wildman–Crippen LogP) is 2.47. The molecule has 0 unspecified atom stereocenters. The summed E-state index contributed by atoms with van der Waals surface area (Å²) in [7, 11) is -4.36. The highest BCUT2D eigenvalue weighted by Crippen LogP contribution is 2.32. The van der Waals surface area contributed by atoms with Gasteiger partial charge in [-0.3, -0.25) is 0 Å². The lowest BCUT2D eigenvalue weighted by atomic mass is 10.1. The number of pyridine rings is 1. The molecular weight excluding hydrogens is 384 g/mol. The topological polar surface area (TPSA) is 114 Å². The quantitative estimate of drug-likeness (QED) is 0.618. The molecule has 0 spiro atoms. The molecule has 8 nitrogen and oxygen atoms in total. The van der Waals surface area contributed by atoms with E-state index in [9.17, 15) is 22.0 Å². The number of aromatic nitrogens is 2. The van der Waals surface area contributed by atoms with E-state index in [0.717, 1.165) is 18.7 Å². The molecule has 11 heteroatoms. The van der Waals surface area contributed by atoms with Crippen molar-refractivity contribution >= 4 is 16.1 Å². The number of hydrogen-bond acceptors (Lipinski definition) is 5. The van der Waals surface area contributed by atoms with E-state index >= 15 is 0 Å². The lowest BCUT2D eigenvalue weighted by Crippen LogP contribution is -2.23. The summed E-state index contributed by atoms with van der Waals surface area (Å²) in [6.45, 7) is -0.161. The van der Waals surface area contributed by atoms with Gasteiger partial charge in [-0.2, -0.15) is 12.8 Å². The van der Waals surface area contributed by atoms with Crippen LogP contribution in [-0.2, 0) is 16.4 Å². The molecule has 0 saturated heterocycles. The summed E-state index contributed by atoms with van der Waals surface area (Å²) in [5.41, 5.74) is -1.03. The van der Waals surface area contributed by atoms with Crippen molar-refractivity contribution in [2.75, 3.05) is 6.54 Å². The molecule has 0 aliphatic heterocycles. The third kappa shape index (κ3) is 3.53. The van der Waals surface area contributed by atoms with Gasteiger partial charge in [0.1, 0.15) is 5.69 Å². The van der Waals surface area contributed by atoms with Crippen LogP contribution in [0.2, 0.25) is 0 Å². The summed E-state index contributed by atoms with van der Waals surface area (Å²) in [6.07, 6.45) is 1.79. The summed E-state index contributed by atoms with van der Waals surface area (Å²) >= 11 is 0. The largest absolute Gasteiger partial charge is 0.465 e. The van der Waals surface area contributed by atoms with E-state index in [2.05, 4.69) is 10.3 Å². The van der Waals surface area contributed by atoms with Crippen LogP contribution in [0.3, 0.4) is 0 Å². The fourth-order valence-corrected chi connectivity index (χ4v) is 3.79. The van der Waals surface area contributed by atoms with E-state index in [0.29, 0.717) is 3.97 Å². The first kappa shape index (κ1) is 18.6. The van der Waals surface area contributed by atoms with Crippen molar-refractivity contribution < 1.29 is 31.5 Å². The number of furan rings is 1. The number of carbonyl (C=O) groups is 1. The molecule has 3 heterocycles. The molecule has 0 aliphatic carbocycles. The molecule has 1 amide bonds. The summed E-state index contributed by atoms with van der Waals surface area (Å²) in [6, 6.07) is 5.03. The Morgan fingerprint density at radius 2 is 2.07 bits per heavy atom. The third-order valence-corrected chi connectivity index (χ3v) is 5.22. The van der Waals surface area contributed by atoms with Crippen molar-refractivity contribution in [3.63, 3.8) is 0 Å². The number of halogens is 2. The highest BCUT2D eigenvalue weighted by Gasteiger charge is 2.29. The minimum atomic E-state index is -4.36. The molecule has 0 aromatic carbocycles. The molecule has 3 aromatic heterocycles. The van der Waals surface area contributed by atoms with Gasteiger partial charge in [-0.15, -0.1) is 0 Å². The van der Waals surface area contributed by atoms with Crippen LogP contribution >= 0.6 is 0 Å². The van der Waals surface area contributed by atoms with E-state index in [4.69, 9.17) is 9.52 Å². The van der Waals surface area contributed by atoms with Crippen molar-refractivity contribution in [3.8, 4) is 11.3 Å². The fraction of sp³-hybridized carbons (Fsp3) is 0.125. The van der Waals surface area contributed by atoms with Gasteiger partial charge >= 0.3 is 16.1 Å². The first-order valence-corrected chi connectivity index (χ1v) is 9.03. The minimum Gasteiger partial charge on any atom is -0.465 e. The Balaban J connectivity index is 2.16. The van der Waals surface area contributed by atoms with Crippen LogP contribution in [0.4, 0.5) is 13.6 Å². The van der Waals surface area contributed by atoms with Crippen LogP contribution in [0.5, 0.6) is 0 Å². The molecule has 0 bridgehead atoms. The molecule has 27 heavy (non-hydrogen) atoms. The van der Waals surface area contributed by atoms with E-state index in [1.165, 1.54) is 24.3 Å². The van der Waals surface area contributed by atoms with Crippen LogP contribution < -0.4 is 5.32 Å². The smallest absolute Gasteiger partial charge is 0.404 e. The molecule has 0 fully saturated rings. The van der Waals surface area contributed by atoms with Crippen molar-refractivity contribution in [2.24, 2.45) is 0 Å². The number of carboxylic acid groups (broad SMARTS) is 1. The SMILES string of the molecule is O=C(O)NCCc1cn(S(=O)(=O)c2ccco2)c(-c2cccnc2F)c1F. The third-order valence-electron chi connectivity index (χ3n) is 3.68. The summed E-state index contributed by atoms with van der Waals surface area (Å²) in [5.74, 6) is -2.05. The van der Waals surface area contributed by atoms with E-state index in [1.807, 2.05) is 0 Å². The van der Waals surface area contributed by atoms with E-state index in [-0.39, 0.29) is 24.1 Å². The molecular formula is C16H13F2N3O5S. The zero-order chi connectivity index (χ0) is 19.6. The standard InChI is InChI=1S/C16H13F2N3O5S/c17-13-10(5-7-20-16(22)23)9-21(27(24,25)12-4-2-8-26-12)14(13)11-3-1-6-19-15(11)18/h1-4,6,8-9,20H,5,7H2,(H,22,23). The number of amides is 1. The Hall–Kier alpha value is -3.21. The Morgan fingerprint density at radius 3 is 2.70 bits per heavy atom. The van der Waals surface area contributed by atoms with E-state index < -0.39 is 38.7 Å². The highest BCUT2D eigenvalue weighted by molar-refractivity contribution is 7.89. The number of nitrogens with zero attached hydrogens (tertiary/aromatic N) is 2. The molecule has 0 radical (unpaired) electrons. The highest BCUT2D eigenvalue weighted by atomic mass is 32.2. The van der Waals surface area contributed by atoms with Gasteiger partial charge in [-0.05, 0) is 30.7 Å². The lowest BCUT2D eigenvalue weighted by molar-refractivity contribution is 0.194. The Kier molecular flexibility index (Phi) is 4.95. The van der Waals surface area contributed by atoms with Crippen LogP contribution in [0.1, 0.15) is 5.56 Å². The molecule has 0 saturated carbocycles. The number of rotatable bonds is 6. The second-order valence-corrected chi connectivity index (χ2v) is 7.12. The molecule has 3 rings (SSSR count). The van der Waals surface area contributed by atoms with Gasteiger partial charge in [0.25, 0.3) is 0 Å². The maximum Gasteiger partial charge on any atom is 0.404 e. The van der Waals surface area contributed by atoms with Gasteiger partial charge in [-0.25, -0.2) is 18.1 Å². The first-order chi connectivity index (χ1) is 12.8. The van der Waals surface area contributed by atoms with Gasteiger partial charge in [0, 0.05) is 24.5 Å². The maximum absolute atomic E-state index is 15.0. The van der Waals surface area contributed by atoms with Crippen LogP contribution in [0.15, 0.2) is 52.4 Å². The molecule has 0 aliphatic rings. The van der Waals surface area contributed by atoms with Crippen molar-refractivity contribution in [1.82, 2.24) is 14.3 Å². The van der Waals surface area contributed by atoms with Crippen LogP contribution in [0.25, 0.3) is 11.3 Å². The Labute approximate surface area is 152 Å². The van der Waals surface area contributed by atoms with Gasteiger partial charge in [-0.1, -0.05) is 0 Å². The van der Waals surface area contributed by atoms with Crippen molar-refractivity contribution in [3.05, 3.63) is 60.3 Å². The predicted molar refractivity (Wildman–Crippen MR) is 88.6 cm³/mol. The summed E-state index contributed by atoms with van der Waals surface area (Å²) in [4.78, 5) is 14.0. The van der Waals surface area contributed by atoms with E-state index in [1.54, 1.807) is 0 Å².